The fraction of sp³-hybridized carbons (Fsp3) is 0.556. The number of hydrogen-bond acceptors (Lipinski definition) is 4. The molecule has 0 saturated carbocycles. The van der Waals surface area contributed by atoms with E-state index in [9.17, 15) is 4.79 Å². The van der Waals surface area contributed by atoms with Crippen LogP contribution in [0.15, 0.2) is 28.7 Å². The van der Waals surface area contributed by atoms with Crippen LogP contribution in [0.3, 0.4) is 0 Å². The number of nitrogens with one attached hydrogen (secondary N) is 1. The van der Waals surface area contributed by atoms with Crippen LogP contribution in [-0.4, -0.2) is 49.6 Å². The summed E-state index contributed by atoms with van der Waals surface area (Å²) in [6.45, 7) is 7.85. The smallest absolute Gasteiger partial charge is 0.238 e. The third-order valence-electron chi connectivity index (χ3n) is 4.29. The van der Waals surface area contributed by atoms with Crippen LogP contribution in [0.4, 0.5) is 5.69 Å². The highest BCUT2D eigenvalue weighted by Gasteiger charge is 2.29. The first-order chi connectivity index (χ1) is 11.5. The molecule has 0 spiro atoms. The van der Waals surface area contributed by atoms with Crippen LogP contribution in [0, 0.1) is 17.2 Å². The summed E-state index contributed by atoms with van der Waals surface area (Å²) in [5.74, 6) is 0.412. The first-order valence-corrected chi connectivity index (χ1v) is 9.19. The van der Waals surface area contributed by atoms with Crippen LogP contribution < -0.4 is 10.2 Å². The second-order valence-corrected chi connectivity index (χ2v) is 7.44. The summed E-state index contributed by atoms with van der Waals surface area (Å²) in [7, 11) is 0. The zero-order chi connectivity index (χ0) is 17.5. The van der Waals surface area contributed by atoms with E-state index in [-0.39, 0.29) is 18.5 Å². The Bertz CT molecular complexity index is 574. The Labute approximate surface area is 152 Å². The summed E-state index contributed by atoms with van der Waals surface area (Å²) in [5.41, 5.74) is 1.21. The molecule has 1 heterocycles. The van der Waals surface area contributed by atoms with E-state index in [1.165, 1.54) is 5.69 Å². The molecule has 0 aliphatic carbocycles. The Kier molecular flexibility index (Phi) is 7.07. The van der Waals surface area contributed by atoms with Crippen molar-refractivity contribution < 1.29 is 4.79 Å². The van der Waals surface area contributed by atoms with E-state index in [0.29, 0.717) is 5.92 Å². The van der Waals surface area contributed by atoms with Gasteiger partial charge in [0, 0.05) is 36.3 Å². The molecule has 1 aromatic rings. The predicted octanol–water partition coefficient (Wildman–Crippen LogP) is 2.63. The van der Waals surface area contributed by atoms with Crippen molar-refractivity contribution in [2.24, 2.45) is 5.92 Å². The Morgan fingerprint density at radius 1 is 1.25 bits per heavy atom. The molecule has 0 aromatic heterocycles. The summed E-state index contributed by atoms with van der Waals surface area (Å²) in [4.78, 5) is 17.0. The first kappa shape index (κ1) is 18.8. The van der Waals surface area contributed by atoms with E-state index in [2.05, 4.69) is 69.2 Å². The predicted molar refractivity (Wildman–Crippen MR) is 99.8 cm³/mol. The highest BCUT2D eigenvalue weighted by Crippen LogP contribution is 2.21. The molecule has 1 aliphatic rings. The molecule has 130 valence electrons. The molecule has 0 radical (unpaired) electrons. The van der Waals surface area contributed by atoms with Gasteiger partial charge in [-0.25, -0.2) is 0 Å². The molecule has 2 rings (SSSR count). The Morgan fingerprint density at radius 2 is 1.88 bits per heavy atom. The van der Waals surface area contributed by atoms with E-state index >= 15 is 0 Å². The van der Waals surface area contributed by atoms with Crippen molar-refractivity contribution in [3.05, 3.63) is 28.7 Å². The molecule has 6 heteroatoms. The number of hydrogen-bond donors (Lipinski definition) is 1. The summed E-state index contributed by atoms with van der Waals surface area (Å²) in [6.07, 6.45) is 0.815. The van der Waals surface area contributed by atoms with Gasteiger partial charge in [-0.15, -0.1) is 0 Å². The van der Waals surface area contributed by atoms with Crippen LogP contribution in [0.1, 0.15) is 20.3 Å². The van der Waals surface area contributed by atoms with Gasteiger partial charge in [0.2, 0.25) is 5.91 Å². The minimum atomic E-state index is -0.148. The molecule has 1 amide bonds. The van der Waals surface area contributed by atoms with Crippen molar-refractivity contribution in [2.45, 2.75) is 26.3 Å². The number of halogens is 1. The highest BCUT2D eigenvalue weighted by atomic mass is 79.9. The normalized spacial score (nSPS) is 16.7. The molecule has 1 aliphatic heterocycles. The second-order valence-electron chi connectivity index (χ2n) is 6.52. The van der Waals surface area contributed by atoms with Crippen LogP contribution in [0.2, 0.25) is 0 Å². The number of nitrogens with zero attached hydrogens (tertiary/aromatic N) is 3. The standard InChI is InChI=1S/C18H25BrN4O/c1-14(2)13-17(18(24)21-8-7-20)23-11-9-22(10-12-23)16-5-3-15(19)4-6-16/h3-6,14,17H,8-13H2,1-2H3,(H,21,24). The van der Waals surface area contributed by atoms with Gasteiger partial charge < -0.3 is 10.2 Å². The van der Waals surface area contributed by atoms with Gasteiger partial charge in [-0.3, -0.25) is 9.69 Å². The maximum atomic E-state index is 12.4. The molecular formula is C18H25BrN4O. The average molecular weight is 393 g/mol. The minimum absolute atomic E-state index is 0.0256. The van der Waals surface area contributed by atoms with Crippen molar-refractivity contribution in [3.63, 3.8) is 0 Å². The molecule has 1 aromatic carbocycles. The van der Waals surface area contributed by atoms with Gasteiger partial charge in [0.15, 0.2) is 0 Å². The molecule has 1 unspecified atom stereocenters. The van der Waals surface area contributed by atoms with Crippen molar-refractivity contribution in [1.29, 1.82) is 5.26 Å². The molecule has 1 atom stereocenters. The van der Waals surface area contributed by atoms with E-state index < -0.39 is 0 Å². The number of benzene rings is 1. The third kappa shape index (κ3) is 5.22. The lowest BCUT2D eigenvalue weighted by Gasteiger charge is -2.40. The topological polar surface area (TPSA) is 59.4 Å². The fourth-order valence-electron chi connectivity index (χ4n) is 3.06. The number of carbonyl (C=O) groups excluding carboxylic acids is 1. The molecule has 1 N–H and O–H groups in total. The third-order valence-corrected chi connectivity index (χ3v) is 4.81. The Balaban J connectivity index is 1.97. The van der Waals surface area contributed by atoms with Gasteiger partial charge in [-0.1, -0.05) is 29.8 Å². The summed E-state index contributed by atoms with van der Waals surface area (Å²) < 4.78 is 1.08. The first-order valence-electron chi connectivity index (χ1n) is 8.40. The van der Waals surface area contributed by atoms with Gasteiger partial charge in [0.25, 0.3) is 0 Å². The van der Waals surface area contributed by atoms with Crippen LogP contribution >= 0.6 is 15.9 Å². The quantitative estimate of drug-likeness (QED) is 0.755. The van der Waals surface area contributed by atoms with E-state index in [1.54, 1.807) is 0 Å². The highest BCUT2D eigenvalue weighted by molar-refractivity contribution is 9.10. The molecule has 5 nitrogen and oxygen atoms in total. The number of nitriles is 1. The Morgan fingerprint density at radius 3 is 2.42 bits per heavy atom. The lowest BCUT2D eigenvalue weighted by molar-refractivity contribution is -0.127. The van der Waals surface area contributed by atoms with Gasteiger partial charge in [-0.05, 0) is 36.6 Å². The zero-order valence-electron chi connectivity index (χ0n) is 14.3. The molecule has 1 fully saturated rings. The summed E-state index contributed by atoms with van der Waals surface area (Å²) in [5, 5.41) is 11.4. The lowest BCUT2D eigenvalue weighted by atomic mass is 10.0. The summed E-state index contributed by atoms with van der Waals surface area (Å²) in [6, 6.07) is 10.2. The Hall–Kier alpha value is -1.58. The van der Waals surface area contributed by atoms with E-state index in [0.717, 1.165) is 37.1 Å². The number of rotatable bonds is 6. The number of carbonyl (C=O) groups is 1. The van der Waals surface area contributed by atoms with Gasteiger partial charge in [-0.2, -0.15) is 5.26 Å². The van der Waals surface area contributed by atoms with Crippen LogP contribution in [-0.2, 0) is 4.79 Å². The largest absolute Gasteiger partial charge is 0.369 e. The SMILES string of the molecule is CC(C)CC(C(=O)NCC#N)N1CCN(c2ccc(Br)cc2)CC1. The second kappa shape index (κ2) is 9.05. The fourth-order valence-corrected chi connectivity index (χ4v) is 3.32. The summed E-state index contributed by atoms with van der Waals surface area (Å²) >= 11 is 3.46. The number of anilines is 1. The van der Waals surface area contributed by atoms with E-state index in [1.807, 2.05) is 6.07 Å². The maximum absolute atomic E-state index is 12.4. The van der Waals surface area contributed by atoms with E-state index in [4.69, 9.17) is 5.26 Å². The lowest BCUT2D eigenvalue weighted by Crippen LogP contribution is -2.55. The van der Waals surface area contributed by atoms with Gasteiger partial charge in [0.1, 0.15) is 6.54 Å². The average Bonchev–Trinajstić information content (AvgIpc) is 2.58. The molecule has 0 bridgehead atoms. The number of amides is 1. The van der Waals surface area contributed by atoms with Gasteiger partial charge in [0.05, 0.1) is 12.1 Å². The molecular weight excluding hydrogens is 368 g/mol. The van der Waals surface area contributed by atoms with Crippen LogP contribution in [0.25, 0.3) is 0 Å². The number of piperazine rings is 1. The van der Waals surface area contributed by atoms with Gasteiger partial charge >= 0.3 is 0 Å². The monoisotopic (exact) mass is 392 g/mol. The maximum Gasteiger partial charge on any atom is 0.238 e. The van der Waals surface area contributed by atoms with Crippen molar-refractivity contribution >= 4 is 27.5 Å². The van der Waals surface area contributed by atoms with Crippen LogP contribution in [0.5, 0.6) is 0 Å². The van der Waals surface area contributed by atoms with Crippen molar-refractivity contribution in [2.75, 3.05) is 37.6 Å². The molecule has 1 saturated heterocycles. The zero-order valence-corrected chi connectivity index (χ0v) is 15.9. The van der Waals surface area contributed by atoms with Crippen molar-refractivity contribution in [3.8, 4) is 6.07 Å². The minimum Gasteiger partial charge on any atom is -0.369 e. The van der Waals surface area contributed by atoms with Crippen molar-refractivity contribution in [1.82, 2.24) is 10.2 Å². The molecule has 24 heavy (non-hydrogen) atoms.